The molecule has 8 heteroatoms. The first-order chi connectivity index (χ1) is 19.4. The molecule has 5 rings (SSSR count). The molecular formula is C32H35N5O2S. The number of hydrogen-bond acceptors (Lipinski definition) is 8. The van der Waals surface area contributed by atoms with Crippen LogP contribution in [-0.2, 0) is 32.6 Å². The normalized spacial score (nSPS) is 11.6. The van der Waals surface area contributed by atoms with Crippen molar-refractivity contribution in [2.24, 2.45) is 0 Å². The Morgan fingerprint density at radius 2 is 1.35 bits per heavy atom. The molecule has 0 atom stereocenters. The molecule has 0 radical (unpaired) electrons. The van der Waals surface area contributed by atoms with Gasteiger partial charge >= 0.3 is 0 Å². The molecular weight excluding hydrogens is 518 g/mol. The topological polar surface area (TPSA) is 74.6 Å². The van der Waals surface area contributed by atoms with Crippen molar-refractivity contribution >= 4 is 21.6 Å². The molecule has 3 aromatic heterocycles. The molecule has 206 valence electrons. The summed E-state index contributed by atoms with van der Waals surface area (Å²) in [5.41, 5.74) is 6.87. The van der Waals surface area contributed by atoms with E-state index in [0.717, 1.165) is 68.6 Å². The maximum Gasteiger partial charge on any atom is 0.162 e. The molecule has 7 nitrogen and oxygen atoms in total. The summed E-state index contributed by atoms with van der Waals surface area (Å²) < 4.78 is 6.65. The van der Waals surface area contributed by atoms with Crippen molar-refractivity contribution in [3.8, 4) is 22.1 Å². The first kappa shape index (κ1) is 27.7. The van der Waals surface area contributed by atoms with Crippen molar-refractivity contribution in [2.75, 3.05) is 21.2 Å². The maximum absolute atomic E-state index is 10.9. The summed E-state index contributed by atoms with van der Waals surface area (Å²) in [5.74, 6) is 0.602. The highest BCUT2D eigenvalue weighted by molar-refractivity contribution is 7.21. The van der Waals surface area contributed by atoms with Crippen LogP contribution in [0.2, 0.25) is 0 Å². The average Bonchev–Trinajstić information content (AvgIpc) is 3.39. The van der Waals surface area contributed by atoms with E-state index in [1.807, 2.05) is 43.4 Å². The standard InChI is InChI=1S/C32H35N5O2S/c1-5-24-10-8-11-25(33-24)20-37(3)21-27-13-9-12-26(34-27)19-36(2)18-23-16-22(17-29(39-4)31(23)38)32-35-28-14-6-7-15-30(28)40-32/h6-17,38H,5,18-21H2,1-4H3. The Labute approximate surface area is 239 Å². The van der Waals surface area contributed by atoms with Gasteiger partial charge in [-0.25, -0.2) is 4.98 Å². The molecule has 0 spiro atoms. The lowest BCUT2D eigenvalue weighted by Crippen LogP contribution is -2.21. The van der Waals surface area contributed by atoms with Crippen LogP contribution in [0.4, 0.5) is 0 Å². The van der Waals surface area contributed by atoms with E-state index in [2.05, 4.69) is 60.2 Å². The fraction of sp³-hybridized carbons (Fsp3) is 0.281. The summed E-state index contributed by atoms with van der Waals surface area (Å²) in [5, 5.41) is 11.8. The largest absolute Gasteiger partial charge is 0.504 e. The molecule has 0 saturated heterocycles. The number of pyridine rings is 2. The fourth-order valence-electron chi connectivity index (χ4n) is 4.81. The number of phenolic OH excluding ortho intramolecular Hbond substituents is 1. The number of aryl methyl sites for hydroxylation is 1. The molecule has 1 N–H and O–H groups in total. The van der Waals surface area contributed by atoms with E-state index in [4.69, 9.17) is 19.7 Å². The average molecular weight is 554 g/mol. The highest BCUT2D eigenvalue weighted by Crippen LogP contribution is 2.38. The number of aromatic nitrogens is 3. The zero-order valence-corrected chi connectivity index (χ0v) is 24.3. The van der Waals surface area contributed by atoms with Crippen LogP contribution in [0.5, 0.6) is 11.5 Å². The van der Waals surface area contributed by atoms with Gasteiger partial charge in [0.15, 0.2) is 11.5 Å². The number of thiazole rings is 1. The molecule has 3 heterocycles. The molecule has 40 heavy (non-hydrogen) atoms. The predicted octanol–water partition coefficient (Wildman–Crippen LogP) is 6.29. The van der Waals surface area contributed by atoms with E-state index >= 15 is 0 Å². The summed E-state index contributed by atoms with van der Waals surface area (Å²) in [6, 6.07) is 24.3. The molecule has 0 aliphatic heterocycles. The van der Waals surface area contributed by atoms with Gasteiger partial charge in [0.2, 0.25) is 0 Å². The maximum atomic E-state index is 10.9. The molecule has 0 unspecified atom stereocenters. The highest BCUT2D eigenvalue weighted by atomic mass is 32.1. The number of fused-ring (bicyclic) bond motifs is 1. The van der Waals surface area contributed by atoms with Crippen molar-refractivity contribution in [2.45, 2.75) is 39.5 Å². The molecule has 0 saturated carbocycles. The molecule has 2 aromatic carbocycles. The van der Waals surface area contributed by atoms with Crippen molar-refractivity contribution in [1.82, 2.24) is 24.8 Å². The van der Waals surface area contributed by atoms with E-state index in [-0.39, 0.29) is 5.75 Å². The number of para-hydroxylation sites is 1. The molecule has 5 aromatic rings. The van der Waals surface area contributed by atoms with Gasteiger partial charge in [0.1, 0.15) is 5.01 Å². The summed E-state index contributed by atoms with van der Waals surface area (Å²) in [6.07, 6.45) is 0.936. The number of nitrogens with zero attached hydrogens (tertiary/aromatic N) is 5. The zero-order valence-electron chi connectivity index (χ0n) is 23.5. The van der Waals surface area contributed by atoms with Gasteiger partial charge < -0.3 is 9.84 Å². The second-order valence-corrected chi connectivity index (χ2v) is 11.1. The molecule has 0 fully saturated rings. The zero-order chi connectivity index (χ0) is 28.1. The van der Waals surface area contributed by atoms with Crippen LogP contribution in [0.1, 0.15) is 35.3 Å². The summed E-state index contributed by atoms with van der Waals surface area (Å²) in [6.45, 7) is 4.81. The predicted molar refractivity (Wildman–Crippen MR) is 161 cm³/mol. The second kappa shape index (κ2) is 12.6. The quantitative estimate of drug-likeness (QED) is 0.206. The molecule has 0 aliphatic carbocycles. The van der Waals surface area contributed by atoms with Crippen LogP contribution < -0.4 is 4.74 Å². The summed E-state index contributed by atoms with van der Waals surface area (Å²) >= 11 is 1.63. The Morgan fingerprint density at radius 3 is 1.98 bits per heavy atom. The molecule has 0 aliphatic rings. The lowest BCUT2D eigenvalue weighted by molar-refractivity contribution is 0.299. The SMILES string of the molecule is CCc1cccc(CN(C)Cc2cccc(CN(C)Cc3cc(-c4nc5ccccc5s4)cc(OC)c3O)n2)n1. The number of aromatic hydroxyl groups is 1. The Balaban J connectivity index is 1.27. The second-order valence-electron chi connectivity index (χ2n) is 10.1. The third-order valence-electron chi connectivity index (χ3n) is 6.74. The first-order valence-corrected chi connectivity index (χ1v) is 14.3. The Hall–Kier alpha value is -3.85. The smallest absolute Gasteiger partial charge is 0.162 e. The van der Waals surface area contributed by atoms with E-state index < -0.39 is 0 Å². The van der Waals surface area contributed by atoms with E-state index in [1.165, 1.54) is 0 Å². The lowest BCUT2D eigenvalue weighted by Gasteiger charge is -2.20. The van der Waals surface area contributed by atoms with E-state index in [9.17, 15) is 5.11 Å². The minimum atomic E-state index is 0.156. The van der Waals surface area contributed by atoms with Crippen molar-refractivity contribution < 1.29 is 9.84 Å². The Kier molecular flexibility index (Phi) is 8.69. The number of rotatable bonds is 11. The number of phenols is 1. The number of methoxy groups -OCH3 is 1. The molecule has 0 bridgehead atoms. The van der Waals surface area contributed by atoms with Crippen molar-refractivity contribution in [1.29, 1.82) is 0 Å². The number of ether oxygens (including phenoxy) is 1. The number of benzene rings is 2. The van der Waals surface area contributed by atoms with Crippen LogP contribution in [0.3, 0.4) is 0 Å². The van der Waals surface area contributed by atoms with Gasteiger partial charge in [-0.1, -0.05) is 31.2 Å². The van der Waals surface area contributed by atoms with Gasteiger partial charge in [-0.15, -0.1) is 11.3 Å². The summed E-state index contributed by atoms with van der Waals surface area (Å²) in [4.78, 5) is 18.8. The van der Waals surface area contributed by atoms with Crippen molar-refractivity contribution in [3.63, 3.8) is 0 Å². The van der Waals surface area contributed by atoms with Crippen LogP contribution in [0, 0.1) is 0 Å². The van der Waals surface area contributed by atoms with Gasteiger partial charge in [0.05, 0.1) is 34.4 Å². The van der Waals surface area contributed by atoms with E-state index in [0.29, 0.717) is 18.8 Å². The lowest BCUT2D eigenvalue weighted by atomic mass is 10.1. The fourth-order valence-corrected chi connectivity index (χ4v) is 5.77. The monoisotopic (exact) mass is 553 g/mol. The minimum absolute atomic E-state index is 0.156. The Morgan fingerprint density at radius 1 is 0.750 bits per heavy atom. The number of hydrogen-bond donors (Lipinski definition) is 1. The van der Waals surface area contributed by atoms with E-state index in [1.54, 1.807) is 18.4 Å². The van der Waals surface area contributed by atoms with Crippen molar-refractivity contribution in [3.05, 3.63) is 101 Å². The minimum Gasteiger partial charge on any atom is -0.504 e. The van der Waals surface area contributed by atoms with Crippen LogP contribution >= 0.6 is 11.3 Å². The van der Waals surface area contributed by atoms with Gasteiger partial charge in [-0.05, 0) is 69.0 Å². The third-order valence-corrected chi connectivity index (χ3v) is 7.83. The van der Waals surface area contributed by atoms with Crippen LogP contribution in [0.25, 0.3) is 20.8 Å². The Bertz CT molecular complexity index is 1570. The van der Waals surface area contributed by atoms with Gasteiger partial charge in [-0.3, -0.25) is 19.8 Å². The summed E-state index contributed by atoms with van der Waals surface area (Å²) in [7, 11) is 5.70. The van der Waals surface area contributed by atoms with Crippen LogP contribution in [-0.4, -0.2) is 51.1 Å². The van der Waals surface area contributed by atoms with Gasteiger partial charge in [-0.2, -0.15) is 0 Å². The molecule has 0 amide bonds. The van der Waals surface area contributed by atoms with Crippen LogP contribution in [0.15, 0.2) is 72.8 Å². The van der Waals surface area contributed by atoms with Gasteiger partial charge in [0, 0.05) is 43.0 Å². The van der Waals surface area contributed by atoms with Gasteiger partial charge in [0.25, 0.3) is 0 Å². The highest BCUT2D eigenvalue weighted by Gasteiger charge is 2.16. The first-order valence-electron chi connectivity index (χ1n) is 13.4. The third kappa shape index (κ3) is 6.65.